The number of amidine groups is 1. The molecular formula is C14H13N5O. The van der Waals surface area contributed by atoms with E-state index < -0.39 is 0 Å². The van der Waals surface area contributed by atoms with Crippen molar-refractivity contribution in [1.82, 2.24) is 9.97 Å². The fraction of sp³-hybridized carbons (Fsp3) is 0.0714. The molecule has 0 aliphatic carbocycles. The number of nitrogens with two attached hydrogens (primary N) is 1. The summed E-state index contributed by atoms with van der Waals surface area (Å²) in [5.41, 5.74) is 11.7. The Morgan fingerprint density at radius 1 is 1.30 bits per heavy atom. The lowest BCUT2D eigenvalue weighted by atomic mass is 10.2. The molecule has 0 saturated heterocycles. The molecular weight excluding hydrogens is 254 g/mol. The highest BCUT2D eigenvalue weighted by atomic mass is 16.4. The minimum absolute atomic E-state index is 0.268. The Morgan fingerprint density at radius 2 is 2.20 bits per heavy atom. The number of nitrogens with one attached hydrogen (secondary N) is 1. The topological polar surface area (TPSA) is 89.3 Å². The first-order chi connectivity index (χ1) is 9.72. The molecule has 0 bridgehead atoms. The van der Waals surface area contributed by atoms with Crippen molar-refractivity contribution in [3.05, 3.63) is 53.9 Å². The van der Waals surface area contributed by atoms with Gasteiger partial charge >= 0.3 is 6.01 Å². The van der Waals surface area contributed by atoms with Crippen molar-refractivity contribution in [3.63, 3.8) is 0 Å². The van der Waals surface area contributed by atoms with Crippen molar-refractivity contribution in [2.75, 3.05) is 5.43 Å². The Labute approximate surface area is 115 Å². The van der Waals surface area contributed by atoms with Gasteiger partial charge in [0.05, 0.1) is 0 Å². The summed E-state index contributed by atoms with van der Waals surface area (Å²) in [6.07, 6.45) is 1.65. The summed E-state index contributed by atoms with van der Waals surface area (Å²) >= 11 is 0. The van der Waals surface area contributed by atoms with Crippen LogP contribution in [0.4, 0.5) is 6.01 Å². The summed E-state index contributed by atoms with van der Waals surface area (Å²) in [5.74, 6) is 0.268. The number of aromatic nitrogens is 2. The SMILES string of the molecule is Cc1ccc2oc(N/N=C(\N)c3ccccn3)nc2c1. The number of hydrogen-bond acceptors (Lipinski definition) is 5. The highest BCUT2D eigenvalue weighted by Gasteiger charge is 2.05. The van der Waals surface area contributed by atoms with E-state index in [1.165, 1.54) is 0 Å². The average molecular weight is 267 g/mol. The molecule has 3 aromatic rings. The lowest BCUT2D eigenvalue weighted by Crippen LogP contribution is -2.16. The van der Waals surface area contributed by atoms with Gasteiger partial charge in [0.25, 0.3) is 0 Å². The first-order valence-electron chi connectivity index (χ1n) is 6.10. The minimum atomic E-state index is 0.268. The number of hydrazone groups is 1. The number of anilines is 1. The normalized spacial score (nSPS) is 11.8. The quantitative estimate of drug-likeness (QED) is 0.431. The Kier molecular flexibility index (Phi) is 3.04. The van der Waals surface area contributed by atoms with Crippen molar-refractivity contribution in [2.45, 2.75) is 6.92 Å². The molecule has 1 aromatic carbocycles. The van der Waals surface area contributed by atoms with Crippen LogP contribution in [-0.2, 0) is 0 Å². The van der Waals surface area contributed by atoms with Crippen LogP contribution in [0.15, 0.2) is 52.1 Å². The van der Waals surface area contributed by atoms with Crippen LogP contribution in [-0.4, -0.2) is 15.8 Å². The van der Waals surface area contributed by atoms with Crippen molar-refractivity contribution >= 4 is 22.9 Å². The van der Waals surface area contributed by atoms with Crippen LogP contribution < -0.4 is 11.2 Å². The van der Waals surface area contributed by atoms with Gasteiger partial charge in [-0.3, -0.25) is 4.98 Å². The molecule has 3 rings (SSSR count). The van der Waals surface area contributed by atoms with Crippen LogP contribution in [0, 0.1) is 6.92 Å². The van der Waals surface area contributed by atoms with E-state index in [9.17, 15) is 0 Å². The zero-order valence-corrected chi connectivity index (χ0v) is 10.9. The maximum absolute atomic E-state index is 5.82. The predicted molar refractivity (Wildman–Crippen MR) is 77.3 cm³/mol. The number of fused-ring (bicyclic) bond motifs is 1. The fourth-order valence-electron chi connectivity index (χ4n) is 1.76. The molecule has 100 valence electrons. The third-order valence-electron chi connectivity index (χ3n) is 2.74. The summed E-state index contributed by atoms with van der Waals surface area (Å²) in [4.78, 5) is 8.38. The zero-order valence-electron chi connectivity index (χ0n) is 10.9. The van der Waals surface area contributed by atoms with E-state index in [0.717, 1.165) is 11.1 Å². The largest absolute Gasteiger partial charge is 0.422 e. The van der Waals surface area contributed by atoms with E-state index in [4.69, 9.17) is 10.2 Å². The number of oxazole rings is 1. The molecule has 6 heteroatoms. The van der Waals surface area contributed by atoms with E-state index in [1.807, 2.05) is 37.3 Å². The molecule has 2 aromatic heterocycles. The summed E-state index contributed by atoms with van der Waals surface area (Å²) in [7, 11) is 0. The highest BCUT2D eigenvalue weighted by Crippen LogP contribution is 2.19. The smallest absolute Gasteiger partial charge is 0.316 e. The Hall–Kier alpha value is -2.89. The molecule has 20 heavy (non-hydrogen) atoms. The van der Waals surface area contributed by atoms with Crippen LogP contribution in [0.5, 0.6) is 0 Å². The molecule has 0 spiro atoms. The molecule has 0 aliphatic rings. The fourth-order valence-corrected chi connectivity index (χ4v) is 1.76. The van der Waals surface area contributed by atoms with Gasteiger partial charge in [-0.1, -0.05) is 12.1 Å². The van der Waals surface area contributed by atoms with Crippen molar-refractivity contribution in [1.29, 1.82) is 0 Å². The van der Waals surface area contributed by atoms with E-state index in [1.54, 1.807) is 12.3 Å². The highest BCUT2D eigenvalue weighted by molar-refractivity contribution is 5.95. The molecule has 0 radical (unpaired) electrons. The number of benzene rings is 1. The van der Waals surface area contributed by atoms with E-state index in [0.29, 0.717) is 17.3 Å². The van der Waals surface area contributed by atoms with Gasteiger partial charge in [-0.25, -0.2) is 5.43 Å². The number of nitrogens with zero attached hydrogens (tertiary/aromatic N) is 3. The second kappa shape index (κ2) is 5.00. The predicted octanol–water partition coefficient (Wildman–Crippen LogP) is 2.26. The first kappa shape index (κ1) is 12.2. The monoisotopic (exact) mass is 267 g/mol. The van der Waals surface area contributed by atoms with Crippen LogP contribution in [0.1, 0.15) is 11.3 Å². The summed E-state index contributed by atoms with van der Waals surface area (Å²) < 4.78 is 5.50. The molecule has 0 atom stereocenters. The zero-order chi connectivity index (χ0) is 13.9. The second-order valence-corrected chi connectivity index (χ2v) is 4.31. The van der Waals surface area contributed by atoms with E-state index in [-0.39, 0.29) is 5.84 Å². The Balaban J connectivity index is 1.83. The number of aryl methyl sites for hydroxylation is 1. The van der Waals surface area contributed by atoms with Gasteiger partial charge in [0.1, 0.15) is 11.2 Å². The van der Waals surface area contributed by atoms with Crippen LogP contribution in [0.25, 0.3) is 11.1 Å². The molecule has 0 saturated carbocycles. The molecule has 3 N–H and O–H groups in total. The van der Waals surface area contributed by atoms with E-state index in [2.05, 4.69) is 20.5 Å². The first-order valence-corrected chi connectivity index (χ1v) is 6.10. The average Bonchev–Trinajstić information content (AvgIpc) is 2.87. The molecule has 0 unspecified atom stereocenters. The summed E-state index contributed by atoms with van der Waals surface area (Å²) in [6.45, 7) is 2.00. The molecule has 0 aliphatic heterocycles. The van der Waals surface area contributed by atoms with E-state index >= 15 is 0 Å². The lowest BCUT2D eigenvalue weighted by Gasteiger charge is -1.98. The standard InChI is InChI=1S/C14H13N5O/c1-9-5-6-12-11(8-9)17-14(20-12)19-18-13(15)10-4-2-3-7-16-10/h2-8H,1H3,(H2,15,18)(H,17,19). The van der Waals surface area contributed by atoms with Crippen molar-refractivity contribution in [2.24, 2.45) is 10.8 Å². The number of pyridine rings is 1. The summed E-state index contributed by atoms with van der Waals surface area (Å²) in [5, 5.41) is 4.01. The summed E-state index contributed by atoms with van der Waals surface area (Å²) in [6, 6.07) is 11.5. The molecule has 0 fully saturated rings. The molecule has 0 amide bonds. The van der Waals surface area contributed by atoms with Gasteiger partial charge in [-0.05, 0) is 36.8 Å². The molecule has 2 heterocycles. The second-order valence-electron chi connectivity index (χ2n) is 4.31. The van der Waals surface area contributed by atoms with Gasteiger partial charge in [0, 0.05) is 6.20 Å². The van der Waals surface area contributed by atoms with Gasteiger partial charge < -0.3 is 10.2 Å². The van der Waals surface area contributed by atoms with Gasteiger partial charge in [-0.15, -0.1) is 0 Å². The maximum Gasteiger partial charge on any atom is 0.316 e. The van der Waals surface area contributed by atoms with Crippen molar-refractivity contribution in [3.8, 4) is 0 Å². The minimum Gasteiger partial charge on any atom is -0.422 e. The van der Waals surface area contributed by atoms with Gasteiger partial charge in [-0.2, -0.15) is 10.1 Å². The number of hydrogen-bond donors (Lipinski definition) is 2. The van der Waals surface area contributed by atoms with Crippen LogP contribution in [0.3, 0.4) is 0 Å². The Morgan fingerprint density at radius 3 is 3.00 bits per heavy atom. The third-order valence-corrected chi connectivity index (χ3v) is 2.74. The van der Waals surface area contributed by atoms with Gasteiger partial charge in [0.15, 0.2) is 11.4 Å². The lowest BCUT2D eigenvalue weighted by molar-refractivity contribution is 0.617. The van der Waals surface area contributed by atoms with Crippen LogP contribution >= 0.6 is 0 Å². The Bertz CT molecular complexity index is 764. The van der Waals surface area contributed by atoms with Crippen molar-refractivity contribution < 1.29 is 4.42 Å². The number of rotatable bonds is 3. The third kappa shape index (κ3) is 2.44. The maximum atomic E-state index is 5.82. The van der Waals surface area contributed by atoms with Crippen LogP contribution in [0.2, 0.25) is 0 Å². The molecule has 6 nitrogen and oxygen atoms in total. The van der Waals surface area contributed by atoms with Gasteiger partial charge in [0.2, 0.25) is 0 Å².